The van der Waals surface area contributed by atoms with Crippen molar-refractivity contribution in [2.75, 3.05) is 25.7 Å². The lowest BCUT2D eigenvalue weighted by molar-refractivity contribution is 0.0453. The summed E-state index contributed by atoms with van der Waals surface area (Å²) in [6, 6.07) is 18.5. The molecule has 1 heterocycles. The molecule has 3 rings (SSSR count). The standard InChI is InChI=1S/C19H22N2O2/c1-2-22-10-11-23-14-15-8-9-18-17(12-15)13-19(21(18)20)16-6-4-3-5-7-16/h3-9,12-13H,2,10-11,14,20H2,1H3. The molecule has 3 aromatic rings. The van der Waals surface area contributed by atoms with Crippen LogP contribution in [0.25, 0.3) is 22.2 Å². The van der Waals surface area contributed by atoms with Crippen molar-refractivity contribution in [3.8, 4) is 11.3 Å². The SMILES string of the molecule is CCOCCOCc1ccc2c(c1)cc(-c1ccccc1)n2N. The van der Waals surface area contributed by atoms with Gasteiger partial charge in [-0.2, -0.15) is 0 Å². The normalized spacial score (nSPS) is 11.2. The van der Waals surface area contributed by atoms with Crippen LogP contribution < -0.4 is 5.84 Å². The molecule has 0 bridgehead atoms. The molecule has 2 N–H and O–H groups in total. The molecule has 23 heavy (non-hydrogen) atoms. The minimum absolute atomic E-state index is 0.583. The molecule has 0 aliphatic rings. The van der Waals surface area contributed by atoms with Gasteiger partial charge in [-0.15, -0.1) is 0 Å². The second-order valence-corrected chi connectivity index (χ2v) is 5.41. The zero-order valence-electron chi connectivity index (χ0n) is 13.4. The summed E-state index contributed by atoms with van der Waals surface area (Å²) >= 11 is 0. The number of benzene rings is 2. The molecule has 4 heteroatoms. The number of nitrogens with two attached hydrogens (primary N) is 1. The summed E-state index contributed by atoms with van der Waals surface area (Å²) in [6.45, 7) is 4.53. The van der Waals surface area contributed by atoms with E-state index >= 15 is 0 Å². The van der Waals surface area contributed by atoms with Gasteiger partial charge in [-0.25, -0.2) is 0 Å². The van der Waals surface area contributed by atoms with Crippen molar-refractivity contribution in [3.63, 3.8) is 0 Å². The molecule has 0 atom stereocenters. The smallest absolute Gasteiger partial charge is 0.0718 e. The van der Waals surface area contributed by atoms with E-state index in [2.05, 4.69) is 30.3 Å². The average molecular weight is 310 g/mol. The van der Waals surface area contributed by atoms with E-state index in [-0.39, 0.29) is 0 Å². The molecular weight excluding hydrogens is 288 g/mol. The van der Waals surface area contributed by atoms with Crippen LogP contribution in [0.1, 0.15) is 12.5 Å². The third-order valence-electron chi connectivity index (χ3n) is 3.82. The van der Waals surface area contributed by atoms with Crippen LogP contribution in [0.3, 0.4) is 0 Å². The van der Waals surface area contributed by atoms with Crippen molar-refractivity contribution in [2.45, 2.75) is 13.5 Å². The fraction of sp³-hybridized carbons (Fsp3) is 0.263. The first-order chi connectivity index (χ1) is 11.3. The summed E-state index contributed by atoms with van der Waals surface area (Å²) in [5, 5.41) is 1.12. The molecule has 120 valence electrons. The van der Waals surface area contributed by atoms with E-state index in [9.17, 15) is 0 Å². The van der Waals surface area contributed by atoms with Crippen LogP contribution in [0.15, 0.2) is 54.6 Å². The van der Waals surface area contributed by atoms with E-state index in [1.807, 2.05) is 31.2 Å². The van der Waals surface area contributed by atoms with Crippen LogP contribution in [0, 0.1) is 0 Å². The second-order valence-electron chi connectivity index (χ2n) is 5.41. The fourth-order valence-electron chi connectivity index (χ4n) is 2.66. The highest BCUT2D eigenvalue weighted by Gasteiger charge is 2.09. The van der Waals surface area contributed by atoms with Crippen LogP contribution in [0.4, 0.5) is 0 Å². The van der Waals surface area contributed by atoms with Gasteiger partial charge in [0.1, 0.15) is 0 Å². The number of rotatable bonds is 7. The Morgan fingerprint density at radius 3 is 2.52 bits per heavy atom. The Morgan fingerprint density at radius 2 is 1.74 bits per heavy atom. The summed E-state index contributed by atoms with van der Waals surface area (Å²) in [6.07, 6.45) is 0. The highest BCUT2D eigenvalue weighted by atomic mass is 16.5. The van der Waals surface area contributed by atoms with Gasteiger partial charge in [0.05, 0.1) is 31.0 Å². The van der Waals surface area contributed by atoms with Gasteiger partial charge in [-0.05, 0) is 30.7 Å². The maximum absolute atomic E-state index is 6.24. The van der Waals surface area contributed by atoms with Gasteiger partial charge in [0.25, 0.3) is 0 Å². The Bertz CT molecular complexity index is 766. The molecule has 0 fully saturated rings. The number of ether oxygens (including phenoxy) is 2. The van der Waals surface area contributed by atoms with Gasteiger partial charge in [-0.3, -0.25) is 4.68 Å². The minimum Gasteiger partial charge on any atom is -0.379 e. The first-order valence-corrected chi connectivity index (χ1v) is 7.90. The third kappa shape index (κ3) is 3.55. The van der Waals surface area contributed by atoms with Crippen LogP contribution in [-0.4, -0.2) is 24.5 Å². The molecule has 0 unspecified atom stereocenters. The number of fused-ring (bicyclic) bond motifs is 1. The Morgan fingerprint density at radius 1 is 0.957 bits per heavy atom. The predicted molar refractivity (Wildman–Crippen MR) is 93.7 cm³/mol. The van der Waals surface area contributed by atoms with Gasteiger partial charge < -0.3 is 15.3 Å². The summed E-state index contributed by atoms with van der Waals surface area (Å²) in [5.74, 6) is 6.24. The van der Waals surface area contributed by atoms with Gasteiger partial charge in [0, 0.05) is 17.6 Å². The molecule has 0 radical (unpaired) electrons. The molecule has 0 saturated heterocycles. The lowest BCUT2D eigenvalue weighted by Gasteiger charge is -2.06. The van der Waals surface area contributed by atoms with Crippen molar-refractivity contribution in [3.05, 3.63) is 60.2 Å². The van der Waals surface area contributed by atoms with Crippen LogP contribution in [-0.2, 0) is 16.1 Å². The first-order valence-electron chi connectivity index (χ1n) is 7.90. The molecule has 0 saturated carbocycles. The zero-order valence-corrected chi connectivity index (χ0v) is 13.4. The maximum atomic E-state index is 6.24. The topological polar surface area (TPSA) is 49.4 Å². The Labute approximate surface area is 136 Å². The molecular formula is C19H22N2O2. The second kappa shape index (κ2) is 7.31. The number of aromatic nitrogens is 1. The highest BCUT2D eigenvalue weighted by Crippen LogP contribution is 2.27. The highest BCUT2D eigenvalue weighted by molar-refractivity contribution is 5.87. The molecule has 0 spiro atoms. The largest absolute Gasteiger partial charge is 0.379 e. The maximum Gasteiger partial charge on any atom is 0.0718 e. The first kappa shape index (κ1) is 15.6. The molecule has 4 nitrogen and oxygen atoms in total. The molecule has 0 amide bonds. The summed E-state index contributed by atoms with van der Waals surface area (Å²) in [5.41, 5.74) is 4.27. The van der Waals surface area contributed by atoms with Crippen molar-refractivity contribution < 1.29 is 9.47 Å². The number of nitrogens with zero attached hydrogens (tertiary/aromatic N) is 1. The number of hydrogen-bond donors (Lipinski definition) is 1. The molecule has 1 aromatic heterocycles. The Balaban J connectivity index is 1.78. The predicted octanol–water partition coefficient (Wildman–Crippen LogP) is 3.58. The van der Waals surface area contributed by atoms with Gasteiger partial charge in [0.15, 0.2) is 0 Å². The summed E-state index contributed by atoms with van der Waals surface area (Å²) in [7, 11) is 0. The number of nitrogen functional groups attached to an aromatic ring is 1. The van der Waals surface area contributed by atoms with Gasteiger partial charge in [-0.1, -0.05) is 36.4 Å². The van der Waals surface area contributed by atoms with E-state index < -0.39 is 0 Å². The van der Waals surface area contributed by atoms with E-state index in [4.69, 9.17) is 15.3 Å². The van der Waals surface area contributed by atoms with Crippen molar-refractivity contribution >= 4 is 10.9 Å². The lowest BCUT2D eigenvalue weighted by Crippen LogP contribution is -2.09. The van der Waals surface area contributed by atoms with Gasteiger partial charge in [0.2, 0.25) is 0 Å². The Hall–Kier alpha value is -2.30. The van der Waals surface area contributed by atoms with E-state index in [1.165, 1.54) is 0 Å². The monoisotopic (exact) mass is 310 g/mol. The molecule has 0 aliphatic heterocycles. The molecule has 0 aliphatic carbocycles. The number of hydrogen-bond acceptors (Lipinski definition) is 3. The van der Waals surface area contributed by atoms with Crippen molar-refractivity contribution in [1.82, 2.24) is 4.68 Å². The third-order valence-corrected chi connectivity index (χ3v) is 3.82. The lowest BCUT2D eigenvalue weighted by atomic mass is 10.1. The van der Waals surface area contributed by atoms with Crippen molar-refractivity contribution in [1.29, 1.82) is 0 Å². The minimum atomic E-state index is 0.583. The van der Waals surface area contributed by atoms with Crippen molar-refractivity contribution in [2.24, 2.45) is 0 Å². The van der Waals surface area contributed by atoms with Crippen LogP contribution in [0.2, 0.25) is 0 Å². The van der Waals surface area contributed by atoms with Crippen LogP contribution >= 0.6 is 0 Å². The van der Waals surface area contributed by atoms with E-state index in [0.717, 1.165) is 34.3 Å². The fourth-order valence-corrected chi connectivity index (χ4v) is 2.66. The average Bonchev–Trinajstić information content (AvgIpc) is 2.92. The van der Waals surface area contributed by atoms with Crippen LogP contribution in [0.5, 0.6) is 0 Å². The quantitative estimate of drug-likeness (QED) is 0.536. The van der Waals surface area contributed by atoms with E-state index in [0.29, 0.717) is 19.8 Å². The van der Waals surface area contributed by atoms with E-state index in [1.54, 1.807) is 4.68 Å². The molecule has 2 aromatic carbocycles. The summed E-state index contributed by atoms with van der Waals surface area (Å²) in [4.78, 5) is 0. The summed E-state index contributed by atoms with van der Waals surface area (Å²) < 4.78 is 12.6. The zero-order chi connectivity index (χ0) is 16.1. The van der Waals surface area contributed by atoms with Gasteiger partial charge >= 0.3 is 0 Å². The Kier molecular flexibility index (Phi) is 4.95.